The van der Waals surface area contributed by atoms with Gasteiger partial charge in [-0.3, -0.25) is 4.79 Å². The second-order valence-corrected chi connectivity index (χ2v) is 4.20. The minimum atomic E-state index is -0.147. The molecule has 1 saturated carbocycles. The lowest BCUT2D eigenvalue weighted by molar-refractivity contribution is -0.131. The number of carbonyl (C=O) groups is 1. The van der Waals surface area contributed by atoms with Gasteiger partial charge >= 0.3 is 0 Å². The second kappa shape index (κ2) is 4.50. The molecule has 1 N–H and O–H groups in total. The van der Waals surface area contributed by atoms with Crippen molar-refractivity contribution < 1.29 is 4.79 Å². The molecule has 0 spiro atoms. The molecule has 14 heavy (non-hydrogen) atoms. The number of carbonyl (C=O) groups excluding carboxylic acids is 1. The molecule has 2 nitrogen and oxygen atoms in total. The van der Waals surface area contributed by atoms with E-state index in [1.807, 2.05) is 6.92 Å². The van der Waals surface area contributed by atoms with E-state index in [4.69, 9.17) is 6.42 Å². The Labute approximate surface area is 86.5 Å². The van der Waals surface area contributed by atoms with Crippen molar-refractivity contribution in [2.24, 2.45) is 5.41 Å². The van der Waals surface area contributed by atoms with Crippen LogP contribution in [-0.2, 0) is 4.79 Å². The van der Waals surface area contributed by atoms with Gasteiger partial charge in [0.2, 0.25) is 5.91 Å². The third-order valence-corrected chi connectivity index (χ3v) is 3.32. The van der Waals surface area contributed by atoms with Gasteiger partial charge in [-0.05, 0) is 26.2 Å². The summed E-state index contributed by atoms with van der Waals surface area (Å²) in [5.74, 6) is 2.68. The van der Waals surface area contributed by atoms with Crippen molar-refractivity contribution >= 4 is 5.91 Å². The fourth-order valence-electron chi connectivity index (χ4n) is 2.18. The maximum absolute atomic E-state index is 12.0. The second-order valence-electron chi connectivity index (χ2n) is 4.20. The summed E-state index contributed by atoms with van der Waals surface area (Å²) < 4.78 is 0. The highest BCUT2D eigenvalue weighted by Crippen LogP contribution is 2.41. The van der Waals surface area contributed by atoms with E-state index in [9.17, 15) is 4.79 Å². The van der Waals surface area contributed by atoms with E-state index in [1.54, 1.807) is 0 Å². The molecule has 0 aromatic heterocycles. The van der Waals surface area contributed by atoms with Crippen LogP contribution in [0.15, 0.2) is 0 Å². The molecule has 1 atom stereocenters. The summed E-state index contributed by atoms with van der Waals surface area (Å²) in [6.45, 7) is 3.93. The van der Waals surface area contributed by atoms with Crippen LogP contribution < -0.4 is 5.32 Å². The number of nitrogens with one attached hydrogen (secondary N) is 1. The van der Waals surface area contributed by atoms with E-state index in [2.05, 4.69) is 18.2 Å². The van der Waals surface area contributed by atoms with Crippen molar-refractivity contribution in [3.8, 4) is 12.3 Å². The normalized spacial score (nSPS) is 21.2. The molecule has 0 saturated heterocycles. The van der Waals surface area contributed by atoms with Crippen LogP contribution in [0, 0.1) is 17.8 Å². The van der Waals surface area contributed by atoms with E-state index in [0.717, 1.165) is 19.3 Å². The van der Waals surface area contributed by atoms with Gasteiger partial charge in [0.15, 0.2) is 0 Å². The molecule has 0 radical (unpaired) electrons. The summed E-state index contributed by atoms with van der Waals surface area (Å²) in [6.07, 6.45) is 10.6. The number of terminal acetylenes is 1. The molecule has 1 aliphatic carbocycles. The lowest BCUT2D eigenvalue weighted by atomic mass is 9.82. The third kappa shape index (κ3) is 2.09. The number of rotatable bonds is 3. The first-order valence-electron chi connectivity index (χ1n) is 5.42. The monoisotopic (exact) mass is 193 g/mol. The Morgan fingerprint density at radius 1 is 1.57 bits per heavy atom. The molecular formula is C12H19NO. The SMILES string of the molecule is C#CC(C)NC(=O)C1(CC)CCCC1. The molecule has 1 unspecified atom stereocenters. The Hall–Kier alpha value is -0.970. The molecule has 1 fully saturated rings. The zero-order valence-electron chi connectivity index (χ0n) is 9.10. The predicted molar refractivity (Wildman–Crippen MR) is 57.6 cm³/mol. The van der Waals surface area contributed by atoms with Gasteiger partial charge in [-0.1, -0.05) is 25.7 Å². The Bertz CT molecular complexity index is 246. The largest absolute Gasteiger partial charge is 0.342 e. The van der Waals surface area contributed by atoms with Crippen molar-refractivity contribution in [3.63, 3.8) is 0 Å². The molecule has 1 amide bonds. The van der Waals surface area contributed by atoms with Crippen molar-refractivity contribution in [1.82, 2.24) is 5.32 Å². The zero-order chi connectivity index (χ0) is 10.6. The first-order valence-corrected chi connectivity index (χ1v) is 5.42. The summed E-state index contributed by atoms with van der Waals surface area (Å²) in [7, 11) is 0. The molecule has 1 aliphatic rings. The highest BCUT2D eigenvalue weighted by atomic mass is 16.2. The van der Waals surface area contributed by atoms with Crippen LogP contribution in [0.1, 0.15) is 46.0 Å². The number of amides is 1. The van der Waals surface area contributed by atoms with Gasteiger partial charge in [0, 0.05) is 5.41 Å². The molecule has 0 heterocycles. The van der Waals surface area contributed by atoms with Gasteiger partial charge in [-0.25, -0.2) is 0 Å². The van der Waals surface area contributed by atoms with Gasteiger partial charge in [-0.15, -0.1) is 6.42 Å². The van der Waals surface area contributed by atoms with Crippen LogP contribution >= 0.6 is 0 Å². The van der Waals surface area contributed by atoms with Crippen molar-refractivity contribution in [2.75, 3.05) is 0 Å². The van der Waals surface area contributed by atoms with E-state index in [-0.39, 0.29) is 17.4 Å². The van der Waals surface area contributed by atoms with E-state index >= 15 is 0 Å². The Kier molecular flexibility index (Phi) is 3.57. The highest BCUT2D eigenvalue weighted by molar-refractivity contribution is 5.83. The van der Waals surface area contributed by atoms with Crippen molar-refractivity contribution in [1.29, 1.82) is 0 Å². The van der Waals surface area contributed by atoms with Crippen LogP contribution in [0.5, 0.6) is 0 Å². The van der Waals surface area contributed by atoms with Gasteiger partial charge in [0.05, 0.1) is 6.04 Å². The van der Waals surface area contributed by atoms with E-state index in [1.165, 1.54) is 12.8 Å². The average Bonchev–Trinajstić information content (AvgIpc) is 2.67. The summed E-state index contributed by atoms with van der Waals surface area (Å²) in [6, 6.07) is -0.147. The smallest absolute Gasteiger partial charge is 0.227 e. The molecule has 78 valence electrons. The molecule has 0 aliphatic heterocycles. The van der Waals surface area contributed by atoms with Gasteiger partial charge in [0.25, 0.3) is 0 Å². The first-order chi connectivity index (χ1) is 6.64. The van der Waals surface area contributed by atoms with Gasteiger partial charge in [-0.2, -0.15) is 0 Å². The summed E-state index contributed by atoms with van der Waals surface area (Å²) in [5.41, 5.74) is -0.120. The summed E-state index contributed by atoms with van der Waals surface area (Å²) >= 11 is 0. The molecule has 1 rings (SSSR count). The Morgan fingerprint density at radius 3 is 2.57 bits per heavy atom. The number of hydrogen-bond donors (Lipinski definition) is 1. The predicted octanol–water partition coefficient (Wildman–Crippen LogP) is 2.09. The van der Waals surface area contributed by atoms with Crippen LogP contribution in [0.2, 0.25) is 0 Å². The molecule has 0 aromatic carbocycles. The maximum Gasteiger partial charge on any atom is 0.227 e. The van der Waals surface area contributed by atoms with Gasteiger partial charge < -0.3 is 5.32 Å². The fraction of sp³-hybridized carbons (Fsp3) is 0.750. The highest BCUT2D eigenvalue weighted by Gasteiger charge is 2.39. The van der Waals surface area contributed by atoms with E-state index in [0.29, 0.717) is 0 Å². The van der Waals surface area contributed by atoms with E-state index < -0.39 is 0 Å². The van der Waals surface area contributed by atoms with Crippen LogP contribution in [0.3, 0.4) is 0 Å². The minimum Gasteiger partial charge on any atom is -0.342 e. The van der Waals surface area contributed by atoms with Crippen LogP contribution in [0.4, 0.5) is 0 Å². The standard InChI is InChI=1S/C12H19NO/c1-4-10(3)13-11(14)12(5-2)8-6-7-9-12/h1,10H,5-9H2,2-3H3,(H,13,14). The molecule has 0 aromatic rings. The molecule has 0 bridgehead atoms. The Balaban J connectivity index is 2.62. The molecular weight excluding hydrogens is 174 g/mol. The van der Waals surface area contributed by atoms with Crippen LogP contribution in [-0.4, -0.2) is 11.9 Å². The van der Waals surface area contributed by atoms with Crippen molar-refractivity contribution in [2.45, 2.75) is 52.0 Å². The third-order valence-electron chi connectivity index (χ3n) is 3.32. The van der Waals surface area contributed by atoms with Crippen molar-refractivity contribution in [3.05, 3.63) is 0 Å². The first kappa shape index (κ1) is 11.1. The lowest BCUT2D eigenvalue weighted by Gasteiger charge is -2.26. The fourth-order valence-corrected chi connectivity index (χ4v) is 2.18. The average molecular weight is 193 g/mol. The van der Waals surface area contributed by atoms with Gasteiger partial charge in [0.1, 0.15) is 0 Å². The maximum atomic E-state index is 12.0. The number of hydrogen-bond acceptors (Lipinski definition) is 1. The summed E-state index contributed by atoms with van der Waals surface area (Å²) in [4.78, 5) is 12.0. The molecule has 2 heteroatoms. The zero-order valence-corrected chi connectivity index (χ0v) is 9.10. The lowest BCUT2D eigenvalue weighted by Crippen LogP contribution is -2.42. The quantitative estimate of drug-likeness (QED) is 0.683. The minimum absolute atomic E-state index is 0.120. The van der Waals surface area contributed by atoms with Crippen LogP contribution in [0.25, 0.3) is 0 Å². The summed E-state index contributed by atoms with van der Waals surface area (Å²) in [5, 5.41) is 2.89. The topological polar surface area (TPSA) is 29.1 Å². The Morgan fingerprint density at radius 2 is 2.14 bits per heavy atom.